The molecule has 1 aromatic heterocycles. The molecule has 0 unspecified atom stereocenters. The van der Waals surface area contributed by atoms with Crippen LogP contribution in [0.1, 0.15) is 16.9 Å². The highest BCUT2D eigenvalue weighted by Crippen LogP contribution is 2.39. The van der Waals surface area contributed by atoms with Gasteiger partial charge in [0.15, 0.2) is 6.61 Å². The second-order valence-corrected chi connectivity index (χ2v) is 6.46. The Hall–Kier alpha value is -3.63. The van der Waals surface area contributed by atoms with Gasteiger partial charge in [-0.25, -0.2) is 4.79 Å². The van der Waals surface area contributed by atoms with E-state index < -0.39 is 41.7 Å². The Bertz CT molecular complexity index is 1070. The van der Waals surface area contributed by atoms with E-state index in [2.05, 4.69) is 5.32 Å². The average molecular weight is 459 g/mol. The molecule has 0 radical (unpaired) electrons. The van der Waals surface area contributed by atoms with Crippen LogP contribution in [0.5, 0.6) is 5.75 Å². The summed E-state index contributed by atoms with van der Waals surface area (Å²) < 4.78 is 93.5. The number of para-hydroxylation sites is 2. The van der Waals surface area contributed by atoms with Crippen molar-refractivity contribution in [3.8, 4) is 17.1 Å². The Balaban J connectivity index is 1.75. The van der Waals surface area contributed by atoms with E-state index >= 15 is 0 Å². The minimum atomic E-state index is -4.98. The van der Waals surface area contributed by atoms with E-state index in [4.69, 9.17) is 13.9 Å². The number of alkyl halides is 6. The lowest BCUT2D eigenvalue weighted by Crippen LogP contribution is -2.13. The van der Waals surface area contributed by atoms with Crippen LogP contribution in [-0.4, -0.2) is 13.2 Å². The highest BCUT2D eigenvalue weighted by Gasteiger charge is 2.37. The second kappa shape index (κ2) is 8.85. The number of carbonyl (C=O) groups excluding carboxylic acids is 1. The molecule has 0 fully saturated rings. The molecule has 0 bridgehead atoms. The fraction of sp³-hybridized carbons (Fsp3) is 0.190. The zero-order valence-electron chi connectivity index (χ0n) is 16.3. The maximum absolute atomic E-state index is 13.0. The van der Waals surface area contributed by atoms with Crippen LogP contribution in [0.4, 0.5) is 36.8 Å². The zero-order chi connectivity index (χ0) is 23.5. The van der Waals surface area contributed by atoms with Gasteiger partial charge in [-0.05, 0) is 42.5 Å². The molecule has 2 aromatic carbocycles. The number of halogens is 6. The Morgan fingerprint density at radius 3 is 2.16 bits per heavy atom. The molecule has 0 aliphatic heterocycles. The molecule has 3 rings (SSSR count). The minimum Gasteiger partial charge on any atom is -0.495 e. The molecule has 170 valence electrons. The third-order valence-corrected chi connectivity index (χ3v) is 4.22. The maximum Gasteiger partial charge on any atom is 0.416 e. The molecule has 0 aliphatic carbocycles. The number of nitrogens with one attached hydrogen (secondary N) is 1. The van der Waals surface area contributed by atoms with Gasteiger partial charge in [0.1, 0.15) is 17.3 Å². The van der Waals surface area contributed by atoms with E-state index in [9.17, 15) is 31.1 Å². The smallest absolute Gasteiger partial charge is 0.416 e. The number of carbonyl (C=O) groups is 1. The highest BCUT2D eigenvalue weighted by molar-refractivity contribution is 5.86. The number of benzene rings is 2. The summed E-state index contributed by atoms with van der Waals surface area (Å²) in [5.41, 5.74) is -3.01. The number of rotatable bonds is 5. The third-order valence-electron chi connectivity index (χ3n) is 4.22. The molecule has 1 heterocycles. The van der Waals surface area contributed by atoms with Crippen LogP contribution in [0.25, 0.3) is 11.3 Å². The molecule has 0 spiro atoms. The Morgan fingerprint density at radius 1 is 0.938 bits per heavy atom. The van der Waals surface area contributed by atoms with Gasteiger partial charge in [-0.3, -0.25) is 5.32 Å². The Morgan fingerprint density at radius 2 is 1.56 bits per heavy atom. The van der Waals surface area contributed by atoms with Gasteiger partial charge >= 0.3 is 18.4 Å². The molecule has 3 aromatic rings. The fourth-order valence-corrected chi connectivity index (χ4v) is 2.74. The van der Waals surface area contributed by atoms with Crippen LogP contribution in [0, 0.1) is 0 Å². The third kappa shape index (κ3) is 5.54. The van der Waals surface area contributed by atoms with Crippen molar-refractivity contribution in [3.63, 3.8) is 0 Å². The molecule has 11 heteroatoms. The topological polar surface area (TPSA) is 60.7 Å². The molecule has 0 aliphatic rings. The first-order valence-corrected chi connectivity index (χ1v) is 8.93. The molecule has 32 heavy (non-hydrogen) atoms. The van der Waals surface area contributed by atoms with Crippen LogP contribution in [0.2, 0.25) is 0 Å². The number of amides is 1. The standard InChI is InChI=1S/C21H15F6NO4/c1-30-18-5-3-2-4-16(18)28-19(29)31-11-15-6-7-17(32-15)12-8-13(20(22,23)24)10-14(9-12)21(25,26)27/h2-10H,11H2,1H3,(H,28,29). The fourth-order valence-electron chi connectivity index (χ4n) is 2.74. The van der Waals surface area contributed by atoms with Gasteiger partial charge < -0.3 is 13.9 Å². The first-order chi connectivity index (χ1) is 15.0. The predicted octanol–water partition coefficient (Wildman–Crippen LogP) is 6.74. The second-order valence-electron chi connectivity index (χ2n) is 6.46. The van der Waals surface area contributed by atoms with Crippen molar-refractivity contribution in [2.24, 2.45) is 0 Å². The van der Waals surface area contributed by atoms with E-state index in [1.165, 1.54) is 19.2 Å². The van der Waals surface area contributed by atoms with Gasteiger partial charge in [0.25, 0.3) is 0 Å². The Kier molecular flexibility index (Phi) is 6.37. The van der Waals surface area contributed by atoms with Crippen LogP contribution in [-0.2, 0) is 23.7 Å². The largest absolute Gasteiger partial charge is 0.495 e. The maximum atomic E-state index is 13.0. The van der Waals surface area contributed by atoms with Crippen LogP contribution in [0.3, 0.4) is 0 Å². The van der Waals surface area contributed by atoms with Crippen molar-refractivity contribution in [2.45, 2.75) is 19.0 Å². The number of hydrogen-bond donors (Lipinski definition) is 1. The summed E-state index contributed by atoms with van der Waals surface area (Å²) in [4.78, 5) is 12.0. The quantitative estimate of drug-likeness (QED) is 0.429. The predicted molar refractivity (Wildman–Crippen MR) is 101 cm³/mol. The van der Waals surface area contributed by atoms with Crippen molar-refractivity contribution in [3.05, 3.63) is 71.5 Å². The molecule has 5 nitrogen and oxygen atoms in total. The summed E-state index contributed by atoms with van der Waals surface area (Å²) >= 11 is 0. The summed E-state index contributed by atoms with van der Waals surface area (Å²) in [5, 5.41) is 2.44. The normalized spacial score (nSPS) is 11.8. The molecular weight excluding hydrogens is 444 g/mol. The molecule has 0 atom stereocenters. The van der Waals surface area contributed by atoms with E-state index in [0.29, 0.717) is 23.6 Å². The molecule has 0 saturated carbocycles. The van der Waals surface area contributed by atoms with Crippen molar-refractivity contribution < 1.29 is 45.0 Å². The van der Waals surface area contributed by atoms with Crippen molar-refractivity contribution in [1.29, 1.82) is 0 Å². The van der Waals surface area contributed by atoms with Crippen molar-refractivity contribution in [2.75, 3.05) is 12.4 Å². The summed E-state index contributed by atoms with van der Waals surface area (Å²) in [6.45, 7) is -0.411. The van der Waals surface area contributed by atoms with E-state index in [0.717, 1.165) is 0 Å². The molecule has 1 N–H and O–H groups in total. The summed E-state index contributed by atoms with van der Waals surface area (Å²) in [5.74, 6) is 0.154. The van der Waals surface area contributed by atoms with Gasteiger partial charge in [0.2, 0.25) is 0 Å². The SMILES string of the molecule is COc1ccccc1NC(=O)OCc1ccc(-c2cc(C(F)(F)F)cc(C(F)(F)F)c2)o1. The first-order valence-electron chi connectivity index (χ1n) is 8.93. The van der Waals surface area contributed by atoms with Gasteiger partial charge in [0.05, 0.1) is 23.9 Å². The van der Waals surface area contributed by atoms with Gasteiger partial charge in [0, 0.05) is 5.56 Å². The number of ether oxygens (including phenoxy) is 2. The highest BCUT2D eigenvalue weighted by atomic mass is 19.4. The van der Waals surface area contributed by atoms with Crippen LogP contribution in [0.15, 0.2) is 59.0 Å². The summed E-state index contributed by atoms with van der Waals surface area (Å²) in [6, 6.07) is 10.1. The number of methoxy groups -OCH3 is 1. The van der Waals surface area contributed by atoms with Gasteiger partial charge in [-0.2, -0.15) is 26.3 Å². The Labute approximate surface area is 177 Å². The lowest BCUT2D eigenvalue weighted by Gasteiger charge is -2.13. The van der Waals surface area contributed by atoms with Crippen molar-refractivity contribution in [1.82, 2.24) is 0 Å². The van der Waals surface area contributed by atoms with Crippen LogP contribution < -0.4 is 10.1 Å². The number of furan rings is 1. The lowest BCUT2D eigenvalue weighted by molar-refractivity contribution is -0.143. The lowest BCUT2D eigenvalue weighted by atomic mass is 10.0. The molecular formula is C21H15F6NO4. The summed E-state index contributed by atoms with van der Waals surface area (Å²) in [7, 11) is 1.41. The van der Waals surface area contributed by atoms with E-state index in [-0.39, 0.29) is 17.6 Å². The summed E-state index contributed by atoms with van der Waals surface area (Å²) in [6.07, 6.45) is -10.8. The number of anilines is 1. The van der Waals surface area contributed by atoms with Crippen molar-refractivity contribution >= 4 is 11.8 Å². The first kappa shape index (κ1) is 23.0. The minimum absolute atomic E-state index is 0.0150. The zero-order valence-corrected chi connectivity index (χ0v) is 16.3. The van der Waals surface area contributed by atoms with Gasteiger partial charge in [-0.15, -0.1) is 0 Å². The monoisotopic (exact) mass is 459 g/mol. The van der Waals surface area contributed by atoms with E-state index in [1.807, 2.05) is 0 Å². The van der Waals surface area contributed by atoms with Gasteiger partial charge in [-0.1, -0.05) is 12.1 Å². The number of hydrogen-bond acceptors (Lipinski definition) is 4. The van der Waals surface area contributed by atoms with E-state index in [1.54, 1.807) is 24.3 Å². The average Bonchev–Trinajstić information content (AvgIpc) is 3.20. The molecule has 1 amide bonds. The molecule has 0 saturated heterocycles. The van der Waals surface area contributed by atoms with Crippen LogP contribution >= 0.6 is 0 Å².